The molecule has 162 valence electrons. The molecule has 31 heavy (non-hydrogen) atoms. The van der Waals surface area contributed by atoms with Crippen LogP contribution in [0.5, 0.6) is 0 Å². The number of hydrogen-bond donors (Lipinski definition) is 3. The number of nitriles is 1. The lowest BCUT2D eigenvalue weighted by molar-refractivity contribution is -0.178. The van der Waals surface area contributed by atoms with Gasteiger partial charge in [0.15, 0.2) is 5.69 Å². The molecular weight excluding hydrogens is 487 g/mol. The van der Waals surface area contributed by atoms with Crippen molar-refractivity contribution >= 4 is 46.3 Å². The van der Waals surface area contributed by atoms with Crippen molar-refractivity contribution in [3.05, 3.63) is 39.7 Å². The van der Waals surface area contributed by atoms with Gasteiger partial charge in [0.2, 0.25) is 0 Å². The van der Waals surface area contributed by atoms with Crippen molar-refractivity contribution in [2.45, 2.75) is 34.7 Å². The average Bonchev–Trinajstić information content (AvgIpc) is 3.39. The average molecular weight is 501 g/mol. The fraction of sp³-hybridized carbons (Fsp3) is 0.353. The predicted octanol–water partition coefficient (Wildman–Crippen LogP) is 1.75. The second kappa shape index (κ2) is 9.35. The number of hydrogen-bond acceptors (Lipinski definition) is 11. The molecule has 10 nitrogen and oxygen atoms in total. The highest BCUT2D eigenvalue weighted by Crippen LogP contribution is 2.38. The monoisotopic (exact) mass is 500 g/mol. The van der Waals surface area contributed by atoms with Gasteiger partial charge in [-0.3, -0.25) is 0 Å². The summed E-state index contributed by atoms with van der Waals surface area (Å²) in [6.45, 7) is -0.475. The molecule has 3 aromatic heterocycles. The highest BCUT2D eigenvalue weighted by atomic mass is 35.5. The third-order valence-electron chi connectivity index (χ3n) is 4.53. The summed E-state index contributed by atoms with van der Waals surface area (Å²) in [5, 5.41) is 51.0. The molecule has 0 aliphatic carbocycles. The summed E-state index contributed by atoms with van der Waals surface area (Å²) < 4.78 is 7.02. The molecule has 0 bridgehead atoms. The third kappa shape index (κ3) is 4.55. The molecule has 0 saturated carbocycles. The van der Waals surface area contributed by atoms with Gasteiger partial charge in [-0.2, -0.15) is 5.26 Å². The quantitative estimate of drug-likeness (QED) is 0.472. The fourth-order valence-corrected chi connectivity index (χ4v) is 5.31. The van der Waals surface area contributed by atoms with E-state index in [4.69, 9.17) is 33.2 Å². The number of nitrogens with zero attached hydrogens (tertiary/aromatic N) is 6. The van der Waals surface area contributed by atoms with Crippen molar-refractivity contribution in [3.63, 3.8) is 0 Å². The SMILES string of the molecule is N#Cc1ncc(SC2OC(CO)C(O)C(n3cc(-c4nc(Cl)cs4)nn3)C2O)cc1Cl. The van der Waals surface area contributed by atoms with Crippen LogP contribution in [0.3, 0.4) is 0 Å². The Bertz CT molecular complexity index is 1120. The second-order valence-electron chi connectivity index (χ2n) is 6.49. The van der Waals surface area contributed by atoms with Crippen LogP contribution < -0.4 is 0 Å². The van der Waals surface area contributed by atoms with Gasteiger partial charge >= 0.3 is 0 Å². The second-order valence-corrected chi connectivity index (χ2v) is 9.31. The van der Waals surface area contributed by atoms with Crippen LogP contribution in [0, 0.1) is 11.3 Å². The number of aliphatic hydroxyl groups is 3. The number of ether oxygens (including phenoxy) is 1. The van der Waals surface area contributed by atoms with Crippen molar-refractivity contribution in [3.8, 4) is 16.8 Å². The van der Waals surface area contributed by atoms with Crippen LogP contribution in [0.15, 0.2) is 28.7 Å². The van der Waals surface area contributed by atoms with Gasteiger partial charge in [0, 0.05) is 16.5 Å². The minimum Gasteiger partial charge on any atom is -0.394 e. The zero-order valence-electron chi connectivity index (χ0n) is 15.4. The largest absolute Gasteiger partial charge is 0.394 e. The molecule has 0 aromatic carbocycles. The molecule has 1 saturated heterocycles. The van der Waals surface area contributed by atoms with E-state index in [9.17, 15) is 15.3 Å². The van der Waals surface area contributed by atoms with Crippen LogP contribution in [-0.4, -0.2) is 70.6 Å². The van der Waals surface area contributed by atoms with Crippen LogP contribution in [0.4, 0.5) is 0 Å². The van der Waals surface area contributed by atoms with Gasteiger partial charge in [-0.1, -0.05) is 40.2 Å². The van der Waals surface area contributed by atoms with E-state index in [2.05, 4.69) is 20.3 Å². The molecule has 0 amide bonds. The smallest absolute Gasteiger partial charge is 0.159 e. The summed E-state index contributed by atoms with van der Waals surface area (Å²) in [5.41, 5.74) is -0.385. The molecule has 3 aromatic rings. The summed E-state index contributed by atoms with van der Waals surface area (Å²) in [6, 6.07) is 2.45. The van der Waals surface area contributed by atoms with Crippen LogP contribution in [0.2, 0.25) is 10.2 Å². The van der Waals surface area contributed by atoms with Crippen molar-refractivity contribution in [1.82, 2.24) is 25.0 Å². The number of pyridine rings is 1. The summed E-state index contributed by atoms with van der Waals surface area (Å²) in [4.78, 5) is 8.64. The Morgan fingerprint density at radius 1 is 1.32 bits per heavy atom. The first-order valence-electron chi connectivity index (χ1n) is 8.79. The van der Waals surface area contributed by atoms with E-state index in [1.54, 1.807) is 5.38 Å². The molecule has 4 heterocycles. The Balaban J connectivity index is 1.60. The molecule has 5 unspecified atom stereocenters. The number of thioether (sulfide) groups is 1. The maximum atomic E-state index is 11.0. The summed E-state index contributed by atoms with van der Waals surface area (Å²) in [5.74, 6) is 0. The van der Waals surface area contributed by atoms with Gasteiger partial charge in [-0.15, -0.1) is 16.4 Å². The number of halogens is 2. The zero-order valence-corrected chi connectivity index (χ0v) is 18.6. The van der Waals surface area contributed by atoms with E-state index in [0.717, 1.165) is 11.8 Å². The van der Waals surface area contributed by atoms with Gasteiger partial charge in [-0.25, -0.2) is 14.6 Å². The Morgan fingerprint density at radius 2 is 2.13 bits per heavy atom. The highest BCUT2D eigenvalue weighted by Gasteiger charge is 2.46. The first-order valence-corrected chi connectivity index (χ1v) is 11.3. The first-order chi connectivity index (χ1) is 14.9. The van der Waals surface area contributed by atoms with Gasteiger partial charge in [0.25, 0.3) is 0 Å². The van der Waals surface area contributed by atoms with Crippen LogP contribution in [-0.2, 0) is 4.74 Å². The predicted molar refractivity (Wildman–Crippen MR) is 113 cm³/mol. The van der Waals surface area contributed by atoms with E-state index in [-0.39, 0.29) is 10.7 Å². The van der Waals surface area contributed by atoms with E-state index in [1.165, 1.54) is 34.5 Å². The number of thiazole rings is 1. The molecular formula is C17H14Cl2N6O4S2. The molecule has 0 radical (unpaired) electrons. The van der Waals surface area contributed by atoms with E-state index < -0.39 is 36.4 Å². The van der Waals surface area contributed by atoms with Crippen LogP contribution >= 0.6 is 46.3 Å². The normalized spacial score (nSPS) is 26.0. The molecule has 5 atom stereocenters. The number of rotatable bonds is 5. The first kappa shape index (κ1) is 22.4. The van der Waals surface area contributed by atoms with Crippen molar-refractivity contribution < 1.29 is 20.1 Å². The van der Waals surface area contributed by atoms with E-state index in [0.29, 0.717) is 20.8 Å². The van der Waals surface area contributed by atoms with Crippen molar-refractivity contribution in [2.75, 3.05) is 6.61 Å². The lowest BCUT2D eigenvalue weighted by atomic mass is 9.97. The molecule has 1 fully saturated rings. The minimum atomic E-state index is -1.26. The molecule has 14 heteroatoms. The Hall–Kier alpha value is -1.82. The van der Waals surface area contributed by atoms with Gasteiger partial charge < -0.3 is 20.1 Å². The Labute approximate surface area is 194 Å². The van der Waals surface area contributed by atoms with Crippen LogP contribution in [0.1, 0.15) is 11.7 Å². The maximum Gasteiger partial charge on any atom is 0.159 e. The fourth-order valence-electron chi connectivity index (χ4n) is 3.07. The summed E-state index contributed by atoms with van der Waals surface area (Å²) in [6.07, 6.45) is -0.498. The van der Waals surface area contributed by atoms with Crippen LogP contribution in [0.25, 0.3) is 10.7 Å². The molecule has 0 spiro atoms. The molecule has 4 rings (SSSR count). The summed E-state index contributed by atoms with van der Waals surface area (Å²) >= 11 is 14.3. The number of aromatic nitrogens is 5. The lowest BCUT2D eigenvalue weighted by Crippen LogP contribution is -2.55. The van der Waals surface area contributed by atoms with E-state index in [1.807, 2.05) is 6.07 Å². The zero-order chi connectivity index (χ0) is 22.1. The van der Waals surface area contributed by atoms with Gasteiger partial charge in [-0.05, 0) is 6.07 Å². The Morgan fingerprint density at radius 3 is 2.77 bits per heavy atom. The van der Waals surface area contributed by atoms with Crippen molar-refractivity contribution in [2.24, 2.45) is 0 Å². The number of aliphatic hydroxyl groups excluding tert-OH is 3. The molecule has 3 N–H and O–H groups in total. The van der Waals surface area contributed by atoms with Gasteiger partial charge in [0.1, 0.15) is 51.7 Å². The minimum absolute atomic E-state index is 0.0788. The summed E-state index contributed by atoms with van der Waals surface area (Å²) in [7, 11) is 0. The Kier molecular flexibility index (Phi) is 6.75. The lowest BCUT2D eigenvalue weighted by Gasteiger charge is -2.41. The third-order valence-corrected chi connectivity index (χ3v) is 7.13. The maximum absolute atomic E-state index is 11.0. The topological polar surface area (TPSA) is 150 Å². The van der Waals surface area contributed by atoms with Gasteiger partial charge in [0.05, 0.1) is 17.8 Å². The molecule has 1 aliphatic rings. The molecule has 1 aliphatic heterocycles. The van der Waals surface area contributed by atoms with Crippen molar-refractivity contribution in [1.29, 1.82) is 5.26 Å². The van der Waals surface area contributed by atoms with E-state index >= 15 is 0 Å². The standard InChI is InChI=1S/C17H14Cl2N6O4S2/c18-8-1-7(3-21-9(8)2-20)31-17-15(28)13(14(27)11(5-26)29-17)25-4-10(23-24-25)16-22-12(19)6-30-16/h1,3-4,6,11,13-15,17,26-28H,5H2. The highest BCUT2D eigenvalue weighted by molar-refractivity contribution is 7.99.